The summed E-state index contributed by atoms with van der Waals surface area (Å²) >= 11 is 1.54. The first-order valence-electron chi connectivity index (χ1n) is 9.78. The summed E-state index contributed by atoms with van der Waals surface area (Å²) in [6.45, 7) is 4.70. The lowest BCUT2D eigenvalue weighted by Gasteiger charge is -2.11. The molecule has 3 heterocycles. The molecular formula is C22H19N5O2S2. The molecule has 0 radical (unpaired) electrons. The maximum Gasteiger partial charge on any atom is 0.229 e. The van der Waals surface area contributed by atoms with Crippen molar-refractivity contribution in [3.8, 4) is 11.3 Å². The molecule has 3 aromatic heterocycles. The van der Waals surface area contributed by atoms with Crippen LogP contribution in [0.25, 0.3) is 27.1 Å². The number of benzene rings is 2. The van der Waals surface area contributed by atoms with Gasteiger partial charge in [-0.3, -0.25) is 0 Å². The third kappa shape index (κ3) is 3.17. The Labute approximate surface area is 183 Å². The molecule has 0 aliphatic rings. The van der Waals surface area contributed by atoms with E-state index >= 15 is 0 Å². The molecule has 5 aromatic rings. The second kappa shape index (κ2) is 7.44. The fourth-order valence-corrected chi connectivity index (χ4v) is 5.65. The molecule has 5 rings (SSSR count). The zero-order valence-corrected chi connectivity index (χ0v) is 18.5. The maximum atomic E-state index is 13.3. The molecule has 0 bridgehead atoms. The average Bonchev–Trinajstić information content (AvgIpc) is 3.41. The highest BCUT2D eigenvalue weighted by Gasteiger charge is 2.27. The molecule has 0 spiro atoms. The lowest BCUT2D eigenvalue weighted by atomic mass is 10.1. The number of aryl methyl sites for hydroxylation is 1. The van der Waals surface area contributed by atoms with Crippen molar-refractivity contribution in [2.24, 2.45) is 0 Å². The van der Waals surface area contributed by atoms with Gasteiger partial charge in [0.05, 0.1) is 20.8 Å². The quantitative estimate of drug-likeness (QED) is 0.422. The van der Waals surface area contributed by atoms with Crippen molar-refractivity contribution in [2.45, 2.75) is 23.8 Å². The summed E-state index contributed by atoms with van der Waals surface area (Å²) in [5.74, 6) is 0. The van der Waals surface area contributed by atoms with E-state index in [4.69, 9.17) is 4.98 Å². The van der Waals surface area contributed by atoms with E-state index in [0.717, 1.165) is 33.6 Å². The van der Waals surface area contributed by atoms with Gasteiger partial charge >= 0.3 is 0 Å². The van der Waals surface area contributed by atoms with E-state index in [2.05, 4.69) is 15.6 Å². The first kappa shape index (κ1) is 19.7. The van der Waals surface area contributed by atoms with Gasteiger partial charge in [0.2, 0.25) is 14.9 Å². The smallest absolute Gasteiger partial charge is 0.229 e. The number of sulfone groups is 1. The molecule has 1 N–H and O–H groups in total. The summed E-state index contributed by atoms with van der Waals surface area (Å²) in [5, 5.41) is 13.3. The van der Waals surface area contributed by atoms with Crippen LogP contribution in [0.15, 0.2) is 69.9 Å². The minimum Gasteiger partial charge on any atom is -0.385 e. The van der Waals surface area contributed by atoms with Crippen LogP contribution in [-0.2, 0) is 9.84 Å². The Hall–Kier alpha value is -3.30. The zero-order valence-electron chi connectivity index (χ0n) is 16.9. The van der Waals surface area contributed by atoms with Crippen LogP contribution in [0.5, 0.6) is 0 Å². The lowest BCUT2D eigenvalue weighted by Crippen LogP contribution is -2.05. The van der Waals surface area contributed by atoms with Crippen molar-refractivity contribution in [1.82, 2.24) is 19.8 Å². The van der Waals surface area contributed by atoms with Crippen molar-refractivity contribution in [1.29, 1.82) is 0 Å². The number of fused-ring (bicyclic) bond motifs is 3. The van der Waals surface area contributed by atoms with Crippen LogP contribution < -0.4 is 5.32 Å². The Morgan fingerprint density at radius 2 is 1.84 bits per heavy atom. The lowest BCUT2D eigenvalue weighted by molar-refractivity contribution is 0.592. The Kier molecular flexibility index (Phi) is 4.71. The summed E-state index contributed by atoms with van der Waals surface area (Å²) in [5.41, 5.74) is 4.51. The van der Waals surface area contributed by atoms with Gasteiger partial charge in [-0.25, -0.2) is 13.4 Å². The van der Waals surface area contributed by atoms with E-state index in [1.807, 2.05) is 49.6 Å². The van der Waals surface area contributed by atoms with Crippen LogP contribution >= 0.6 is 11.3 Å². The van der Waals surface area contributed by atoms with E-state index in [9.17, 15) is 8.42 Å². The van der Waals surface area contributed by atoms with Gasteiger partial charge in [-0.05, 0) is 43.5 Å². The number of anilines is 1. The molecule has 156 valence electrons. The summed E-state index contributed by atoms with van der Waals surface area (Å²) in [7, 11) is -3.88. The van der Waals surface area contributed by atoms with Gasteiger partial charge in [-0.1, -0.05) is 41.1 Å². The molecule has 0 amide bonds. The molecule has 0 saturated heterocycles. The number of nitrogens with zero attached hydrogens (tertiary/aromatic N) is 4. The predicted molar refractivity (Wildman–Crippen MR) is 122 cm³/mol. The third-order valence-corrected chi connectivity index (χ3v) is 7.63. The number of rotatable bonds is 5. The summed E-state index contributed by atoms with van der Waals surface area (Å²) in [6.07, 6.45) is 0. The molecule has 31 heavy (non-hydrogen) atoms. The van der Waals surface area contributed by atoms with E-state index in [0.29, 0.717) is 5.69 Å². The fourth-order valence-electron chi connectivity index (χ4n) is 3.54. The summed E-state index contributed by atoms with van der Waals surface area (Å²) < 4.78 is 29.1. The Morgan fingerprint density at radius 3 is 2.61 bits per heavy atom. The second-order valence-electron chi connectivity index (χ2n) is 7.12. The van der Waals surface area contributed by atoms with Crippen LogP contribution in [0.2, 0.25) is 0 Å². The van der Waals surface area contributed by atoms with Gasteiger partial charge in [-0.2, -0.15) is 4.52 Å². The number of para-hydroxylation sites is 1. The molecule has 0 aliphatic heterocycles. The Bertz CT molecular complexity index is 1520. The average molecular weight is 450 g/mol. The van der Waals surface area contributed by atoms with E-state index in [1.54, 1.807) is 24.3 Å². The van der Waals surface area contributed by atoms with Crippen molar-refractivity contribution in [2.75, 3.05) is 11.9 Å². The second-order valence-corrected chi connectivity index (χ2v) is 9.90. The van der Waals surface area contributed by atoms with Crippen molar-refractivity contribution in [3.05, 3.63) is 65.5 Å². The normalized spacial score (nSPS) is 11.9. The highest BCUT2D eigenvalue weighted by Crippen LogP contribution is 2.36. The largest absolute Gasteiger partial charge is 0.385 e. The van der Waals surface area contributed by atoms with Crippen molar-refractivity contribution in [3.63, 3.8) is 0 Å². The van der Waals surface area contributed by atoms with Gasteiger partial charge in [0.25, 0.3) is 0 Å². The van der Waals surface area contributed by atoms with Crippen LogP contribution in [-0.4, -0.2) is 34.8 Å². The molecule has 7 nitrogen and oxygen atoms in total. The molecule has 0 atom stereocenters. The predicted octanol–water partition coefficient (Wildman–Crippen LogP) is 4.58. The minimum absolute atomic E-state index is 0.147. The zero-order chi connectivity index (χ0) is 21.6. The maximum absolute atomic E-state index is 13.3. The molecular weight excluding hydrogens is 430 g/mol. The monoisotopic (exact) mass is 449 g/mol. The van der Waals surface area contributed by atoms with Gasteiger partial charge in [-0.15, -0.1) is 16.4 Å². The number of nitrogens with one attached hydrogen (secondary N) is 1. The molecule has 0 unspecified atom stereocenters. The first-order chi connectivity index (χ1) is 15.0. The van der Waals surface area contributed by atoms with E-state index in [-0.39, 0.29) is 15.6 Å². The standard InChI is InChI=1S/C22H19N5O2S2/c1-3-23-17-7-5-4-6-16(17)19-20-18(12-13-30-20)27-21(24-19)22(25-26-27)31(28,29)15-10-8-14(2)9-11-15/h4-13,23H,3H2,1-2H3. The Morgan fingerprint density at radius 1 is 1.06 bits per heavy atom. The van der Waals surface area contributed by atoms with Gasteiger partial charge in [0, 0.05) is 17.8 Å². The number of hydrogen-bond acceptors (Lipinski definition) is 7. The van der Waals surface area contributed by atoms with Gasteiger partial charge in [0.15, 0.2) is 5.65 Å². The van der Waals surface area contributed by atoms with Crippen molar-refractivity contribution < 1.29 is 8.42 Å². The topological polar surface area (TPSA) is 89.2 Å². The van der Waals surface area contributed by atoms with Crippen molar-refractivity contribution >= 4 is 42.7 Å². The Balaban J connectivity index is 1.80. The molecule has 2 aromatic carbocycles. The van der Waals surface area contributed by atoms with Crippen LogP contribution in [0, 0.1) is 6.92 Å². The van der Waals surface area contributed by atoms with Crippen LogP contribution in [0.3, 0.4) is 0 Å². The van der Waals surface area contributed by atoms with Gasteiger partial charge < -0.3 is 5.32 Å². The number of hydrogen-bond donors (Lipinski definition) is 1. The third-order valence-electron chi connectivity index (χ3n) is 5.06. The minimum atomic E-state index is -3.88. The van der Waals surface area contributed by atoms with E-state index < -0.39 is 9.84 Å². The van der Waals surface area contributed by atoms with Gasteiger partial charge in [0.1, 0.15) is 0 Å². The highest BCUT2D eigenvalue weighted by molar-refractivity contribution is 7.91. The fraction of sp³-hybridized carbons (Fsp3) is 0.136. The summed E-state index contributed by atoms with van der Waals surface area (Å²) in [6, 6.07) is 16.5. The molecule has 0 aliphatic carbocycles. The van der Waals surface area contributed by atoms with E-state index in [1.165, 1.54) is 15.9 Å². The first-order valence-corrected chi connectivity index (χ1v) is 12.1. The number of aromatic nitrogens is 4. The number of thiophene rings is 1. The molecule has 0 saturated carbocycles. The molecule has 0 fully saturated rings. The summed E-state index contributed by atoms with van der Waals surface area (Å²) in [4.78, 5) is 4.96. The SMILES string of the molecule is CCNc1ccccc1-c1nc2c(S(=O)(=O)c3ccc(C)cc3)nnn2c2ccsc12. The van der Waals surface area contributed by atoms with Crippen LogP contribution in [0.1, 0.15) is 12.5 Å². The highest BCUT2D eigenvalue weighted by atomic mass is 32.2. The van der Waals surface area contributed by atoms with Crippen LogP contribution in [0.4, 0.5) is 5.69 Å². The molecule has 9 heteroatoms.